The van der Waals surface area contributed by atoms with Crippen molar-refractivity contribution in [2.24, 2.45) is 0 Å². The van der Waals surface area contributed by atoms with Crippen LogP contribution in [0.1, 0.15) is 41.3 Å². The highest BCUT2D eigenvalue weighted by atomic mass is 16.5. The second-order valence-corrected chi connectivity index (χ2v) is 10.7. The van der Waals surface area contributed by atoms with Gasteiger partial charge in [-0.15, -0.1) is 0 Å². The maximum absolute atomic E-state index is 13.4. The van der Waals surface area contributed by atoms with E-state index in [-0.39, 0.29) is 43.2 Å². The maximum atomic E-state index is 13.4. The molecule has 1 heterocycles. The number of fused-ring (bicyclic) bond motifs is 1. The number of carbonyl (C=O) groups excluding carboxylic acids is 4. The van der Waals surface area contributed by atoms with E-state index in [1.54, 1.807) is 43.5 Å². The SMILES string of the molecule is CCOc1ccc(CCCNC(=O)[C@@H]2CC(=O)N[C@@H](Cc3ccc(O)cc3)C(=O)NCCOc3ccccc3C(=O)N2)cc1OC. The van der Waals surface area contributed by atoms with E-state index >= 15 is 0 Å². The standard InChI is InChI=1S/C34H40N4O8/c1-3-45-29-15-12-22(20-30(29)44-2)7-6-16-35-34(43)27-21-31(40)37-26(19-23-10-13-24(39)14-11-23)33(42)36-17-18-46-28-9-5-4-8-25(28)32(41)38-27/h4-5,8-15,20,26-27,39H,3,6-7,16-19,21H2,1-2H3,(H,35,43)(H,36,42)(H,37,40)(H,38,41)/t26-,27-/m0/s1. The number of aryl methyl sites for hydroxylation is 1. The van der Waals surface area contributed by atoms with Crippen LogP contribution in [0.2, 0.25) is 0 Å². The Morgan fingerprint density at radius 1 is 1.00 bits per heavy atom. The van der Waals surface area contributed by atoms with Crippen molar-refractivity contribution in [1.29, 1.82) is 0 Å². The largest absolute Gasteiger partial charge is 0.508 e. The summed E-state index contributed by atoms with van der Waals surface area (Å²) >= 11 is 0. The number of amides is 4. The molecule has 4 rings (SSSR count). The van der Waals surface area contributed by atoms with E-state index in [0.29, 0.717) is 36.5 Å². The zero-order valence-electron chi connectivity index (χ0n) is 26.0. The first-order chi connectivity index (χ1) is 22.3. The lowest BCUT2D eigenvalue weighted by Gasteiger charge is -2.23. The molecule has 0 aliphatic carbocycles. The van der Waals surface area contributed by atoms with Crippen LogP contribution in [0.3, 0.4) is 0 Å². The molecular formula is C34H40N4O8. The van der Waals surface area contributed by atoms with Gasteiger partial charge >= 0.3 is 0 Å². The van der Waals surface area contributed by atoms with Gasteiger partial charge in [0.1, 0.15) is 30.2 Å². The highest BCUT2D eigenvalue weighted by Crippen LogP contribution is 2.28. The van der Waals surface area contributed by atoms with Gasteiger partial charge in [0, 0.05) is 13.0 Å². The molecule has 0 aromatic heterocycles. The van der Waals surface area contributed by atoms with Crippen LogP contribution in [0.15, 0.2) is 66.7 Å². The summed E-state index contributed by atoms with van der Waals surface area (Å²) in [6.45, 7) is 2.90. The quantitative estimate of drug-likeness (QED) is 0.213. The molecule has 0 fully saturated rings. The van der Waals surface area contributed by atoms with Crippen LogP contribution in [0.4, 0.5) is 0 Å². The number of phenolic OH excluding ortho intramolecular Hbond substituents is 1. The molecule has 1 aliphatic rings. The third-order valence-electron chi connectivity index (χ3n) is 7.30. The second-order valence-electron chi connectivity index (χ2n) is 10.7. The number of para-hydroxylation sites is 1. The average molecular weight is 633 g/mol. The average Bonchev–Trinajstić information content (AvgIpc) is 3.05. The molecule has 4 amide bonds. The van der Waals surface area contributed by atoms with Crippen LogP contribution >= 0.6 is 0 Å². The number of phenols is 1. The van der Waals surface area contributed by atoms with E-state index in [1.807, 2.05) is 25.1 Å². The van der Waals surface area contributed by atoms with E-state index in [2.05, 4.69) is 21.3 Å². The van der Waals surface area contributed by atoms with E-state index < -0.39 is 42.1 Å². The molecular weight excluding hydrogens is 592 g/mol. The van der Waals surface area contributed by atoms with Crippen LogP contribution in [-0.4, -0.2) is 74.2 Å². The molecule has 0 saturated heterocycles. The second kappa shape index (κ2) is 16.7. The van der Waals surface area contributed by atoms with Crippen molar-refractivity contribution in [1.82, 2.24) is 21.3 Å². The predicted molar refractivity (Wildman–Crippen MR) is 170 cm³/mol. The van der Waals surface area contributed by atoms with Crippen molar-refractivity contribution >= 4 is 23.6 Å². The van der Waals surface area contributed by atoms with Gasteiger partial charge in [-0.2, -0.15) is 0 Å². The molecule has 46 heavy (non-hydrogen) atoms. The number of hydrogen-bond donors (Lipinski definition) is 5. The molecule has 12 heteroatoms. The number of carbonyl (C=O) groups is 4. The van der Waals surface area contributed by atoms with E-state index in [1.165, 1.54) is 12.1 Å². The first-order valence-electron chi connectivity index (χ1n) is 15.2. The third-order valence-corrected chi connectivity index (χ3v) is 7.30. The molecule has 1 aliphatic heterocycles. The summed E-state index contributed by atoms with van der Waals surface area (Å²) in [6, 6.07) is 16.3. The van der Waals surface area contributed by atoms with Crippen molar-refractivity contribution in [3.8, 4) is 23.0 Å². The van der Waals surface area contributed by atoms with Gasteiger partial charge in [0.2, 0.25) is 17.7 Å². The minimum atomic E-state index is -1.23. The summed E-state index contributed by atoms with van der Waals surface area (Å²) in [5.74, 6) is -0.526. The number of methoxy groups -OCH3 is 1. The minimum absolute atomic E-state index is 0.0695. The summed E-state index contributed by atoms with van der Waals surface area (Å²) in [5, 5.41) is 20.6. The van der Waals surface area contributed by atoms with Crippen LogP contribution < -0.4 is 35.5 Å². The smallest absolute Gasteiger partial charge is 0.255 e. The lowest BCUT2D eigenvalue weighted by atomic mass is 10.0. The van der Waals surface area contributed by atoms with Crippen molar-refractivity contribution < 1.29 is 38.5 Å². The van der Waals surface area contributed by atoms with Gasteiger partial charge in [-0.25, -0.2) is 0 Å². The number of hydrogen-bond acceptors (Lipinski definition) is 8. The van der Waals surface area contributed by atoms with Gasteiger partial charge in [0.05, 0.1) is 32.2 Å². The summed E-state index contributed by atoms with van der Waals surface area (Å²) < 4.78 is 16.8. The fourth-order valence-corrected chi connectivity index (χ4v) is 4.97. The van der Waals surface area contributed by atoms with Crippen molar-refractivity contribution in [3.63, 3.8) is 0 Å². The molecule has 0 unspecified atom stereocenters. The number of benzene rings is 3. The number of ether oxygens (including phenoxy) is 3. The van der Waals surface area contributed by atoms with E-state index in [0.717, 1.165) is 5.56 Å². The fourth-order valence-electron chi connectivity index (χ4n) is 4.97. The summed E-state index contributed by atoms with van der Waals surface area (Å²) in [4.78, 5) is 53.0. The summed E-state index contributed by atoms with van der Waals surface area (Å²) in [7, 11) is 1.57. The lowest BCUT2D eigenvalue weighted by molar-refractivity contribution is -0.131. The van der Waals surface area contributed by atoms with Crippen LogP contribution in [0.5, 0.6) is 23.0 Å². The number of aromatic hydroxyl groups is 1. The molecule has 0 radical (unpaired) electrons. The van der Waals surface area contributed by atoms with Crippen molar-refractivity contribution in [3.05, 3.63) is 83.4 Å². The van der Waals surface area contributed by atoms with Gasteiger partial charge in [0.15, 0.2) is 11.5 Å². The molecule has 244 valence electrons. The van der Waals surface area contributed by atoms with Gasteiger partial charge in [-0.1, -0.05) is 30.3 Å². The monoisotopic (exact) mass is 632 g/mol. The van der Waals surface area contributed by atoms with Crippen molar-refractivity contribution in [2.45, 2.75) is 44.7 Å². The number of rotatable bonds is 10. The zero-order chi connectivity index (χ0) is 32.9. The first kappa shape index (κ1) is 33.6. The van der Waals surface area contributed by atoms with Crippen LogP contribution in [0, 0.1) is 0 Å². The Morgan fingerprint density at radius 3 is 2.52 bits per heavy atom. The summed E-state index contributed by atoms with van der Waals surface area (Å²) in [6.07, 6.45) is 0.956. The summed E-state index contributed by atoms with van der Waals surface area (Å²) in [5.41, 5.74) is 1.89. The zero-order valence-corrected chi connectivity index (χ0v) is 26.0. The molecule has 0 bridgehead atoms. The molecule has 3 aromatic rings. The first-order valence-corrected chi connectivity index (χ1v) is 15.2. The molecule has 5 N–H and O–H groups in total. The lowest BCUT2D eigenvalue weighted by Crippen LogP contribution is -2.53. The topological polar surface area (TPSA) is 164 Å². The molecule has 3 aromatic carbocycles. The fraction of sp³-hybridized carbons (Fsp3) is 0.353. The van der Waals surface area contributed by atoms with Gasteiger partial charge in [0.25, 0.3) is 5.91 Å². The molecule has 0 saturated carbocycles. The minimum Gasteiger partial charge on any atom is -0.508 e. The Balaban J connectivity index is 1.47. The Labute approximate surface area is 267 Å². The van der Waals surface area contributed by atoms with Gasteiger partial charge < -0.3 is 40.6 Å². The molecule has 0 spiro atoms. The Bertz CT molecular complexity index is 1510. The Hall–Kier alpha value is -5.26. The predicted octanol–water partition coefficient (Wildman–Crippen LogP) is 2.27. The van der Waals surface area contributed by atoms with Crippen LogP contribution in [-0.2, 0) is 27.2 Å². The normalized spacial score (nSPS) is 17.2. The highest BCUT2D eigenvalue weighted by molar-refractivity contribution is 6.01. The number of nitrogens with one attached hydrogen (secondary N) is 4. The Morgan fingerprint density at radius 2 is 1.76 bits per heavy atom. The Kier molecular flexibility index (Phi) is 12.2. The van der Waals surface area contributed by atoms with Crippen LogP contribution in [0.25, 0.3) is 0 Å². The molecule has 2 atom stereocenters. The van der Waals surface area contributed by atoms with Gasteiger partial charge in [-0.05, 0) is 67.3 Å². The molecule has 12 nitrogen and oxygen atoms in total. The maximum Gasteiger partial charge on any atom is 0.255 e. The third kappa shape index (κ3) is 9.62. The van der Waals surface area contributed by atoms with E-state index in [4.69, 9.17) is 14.2 Å². The van der Waals surface area contributed by atoms with Crippen molar-refractivity contribution in [2.75, 3.05) is 33.4 Å². The van der Waals surface area contributed by atoms with E-state index in [9.17, 15) is 24.3 Å². The van der Waals surface area contributed by atoms with Gasteiger partial charge in [-0.3, -0.25) is 19.2 Å². The highest BCUT2D eigenvalue weighted by Gasteiger charge is 2.28.